The number of hydrogen-bond donors (Lipinski definition) is 2. The van der Waals surface area contributed by atoms with Crippen LogP contribution in [0.5, 0.6) is 0 Å². The summed E-state index contributed by atoms with van der Waals surface area (Å²) >= 11 is 0. The molecule has 1 aliphatic heterocycles. The molecule has 1 amide bonds. The summed E-state index contributed by atoms with van der Waals surface area (Å²) in [5.74, 6) is 2.01. The van der Waals surface area contributed by atoms with E-state index < -0.39 is 0 Å². The summed E-state index contributed by atoms with van der Waals surface area (Å²) in [6, 6.07) is 11.7. The second kappa shape index (κ2) is 7.98. The van der Waals surface area contributed by atoms with E-state index in [2.05, 4.69) is 44.3 Å². The summed E-state index contributed by atoms with van der Waals surface area (Å²) in [5, 5.41) is 15.7. The monoisotopic (exact) mass is 418 g/mol. The number of nitrogens with zero attached hydrogens (tertiary/aromatic N) is 6. The molecule has 9 heteroatoms. The third-order valence-corrected chi connectivity index (χ3v) is 6.00. The summed E-state index contributed by atoms with van der Waals surface area (Å²) in [5.41, 5.74) is 2.63. The van der Waals surface area contributed by atoms with Gasteiger partial charge in [0.2, 0.25) is 5.91 Å². The van der Waals surface area contributed by atoms with E-state index in [9.17, 15) is 4.79 Å². The van der Waals surface area contributed by atoms with Crippen molar-refractivity contribution in [1.29, 1.82) is 0 Å². The number of amides is 1. The van der Waals surface area contributed by atoms with E-state index in [1.165, 1.54) is 0 Å². The van der Waals surface area contributed by atoms with E-state index in [-0.39, 0.29) is 23.8 Å². The Kier molecular flexibility index (Phi) is 5.01. The zero-order valence-electron chi connectivity index (χ0n) is 17.7. The van der Waals surface area contributed by atoms with Crippen molar-refractivity contribution in [2.75, 3.05) is 18.0 Å². The molecule has 0 saturated carbocycles. The molecule has 4 aromatic rings. The van der Waals surface area contributed by atoms with Gasteiger partial charge in [0, 0.05) is 19.0 Å². The summed E-state index contributed by atoms with van der Waals surface area (Å²) < 4.78 is 1.68. The van der Waals surface area contributed by atoms with E-state index in [4.69, 9.17) is 4.98 Å². The summed E-state index contributed by atoms with van der Waals surface area (Å²) in [7, 11) is 0. The number of anilines is 1. The molecule has 0 unspecified atom stereocenters. The lowest BCUT2D eigenvalue weighted by atomic mass is 9.94. The van der Waals surface area contributed by atoms with Crippen LogP contribution in [0.4, 0.5) is 5.82 Å². The number of fused-ring (bicyclic) bond motifs is 2. The maximum absolute atomic E-state index is 13.1. The molecule has 2 N–H and O–H groups in total. The third kappa shape index (κ3) is 3.83. The minimum atomic E-state index is -0.143. The summed E-state index contributed by atoms with van der Waals surface area (Å²) in [6.45, 7) is 5.78. The number of aromatic nitrogens is 6. The quantitative estimate of drug-likeness (QED) is 0.516. The molecule has 31 heavy (non-hydrogen) atoms. The molecule has 1 aromatic carbocycles. The van der Waals surface area contributed by atoms with E-state index in [1.807, 2.05) is 36.4 Å². The molecule has 0 radical (unpaired) electrons. The predicted octanol–water partition coefficient (Wildman–Crippen LogP) is 2.73. The number of carbonyl (C=O) groups is 1. The number of benzene rings is 1. The third-order valence-electron chi connectivity index (χ3n) is 6.00. The van der Waals surface area contributed by atoms with Crippen molar-refractivity contribution in [3.63, 3.8) is 0 Å². The van der Waals surface area contributed by atoms with Crippen LogP contribution < -0.4 is 10.2 Å². The molecule has 9 nitrogen and oxygen atoms in total. The highest BCUT2D eigenvalue weighted by molar-refractivity contribution is 5.80. The van der Waals surface area contributed by atoms with Crippen molar-refractivity contribution < 1.29 is 4.79 Å². The van der Waals surface area contributed by atoms with Crippen molar-refractivity contribution in [1.82, 2.24) is 35.1 Å². The minimum Gasteiger partial charge on any atom is -0.355 e. The number of imidazole rings is 1. The van der Waals surface area contributed by atoms with Crippen LogP contribution in [0.2, 0.25) is 0 Å². The number of carbonyl (C=O) groups excluding carboxylic acids is 1. The number of piperidine rings is 1. The number of rotatable bonds is 5. The Morgan fingerprint density at radius 2 is 1.97 bits per heavy atom. The topological polar surface area (TPSA) is 104 Å². The molecule has 1 saturated heterocycles. The van der Waals surface area contributed by atoms with Crippen molar-refractivity contribution in [3.8, 4) is 0 Å². The molecule has 3 aromatic heterocycles. The molecule has 160 valence electrons. The highest BCUT2D eigenvalue weighted by Gasteiger charge is 2.29. The van der Waals surface area contributed by atoms with Crippen molar-refractivity contribution >= 4 is 28.4 Å². The molecule has 0 spiro atoms. The Morgan fingerprint density at radius 3 is 2.74 bits per heavy atom. The fraction of sp³-hybridized carbons (Fsp3) is 0.409. The first-order valence-electron chi connectivity index (χ1n) is 10.8. The highest BCUT2D eigenvalue weighted by Crippen LogP contribution is 2.26. The number of H-pyrrole nitrogens is 1. The van der Waals surface area contributed by atoms with Gasteiger partial charge in [-0.1, -0.05) is 26.0 Å². The van der Waals surface area contributed by atoms with Crippen LogP contribution in [0, 0.1) is 11.8 Å². The van der Waals surface area contributed by atoms with E-state index >= 15 is 0 Å². The predicted molar refractivity (Wildman–Crippen MR) is 118 cm³/mol. The summed E-state index contributed by atoms with van der Waals surface area (Å²) in [6.07, 6.45) is 3.18. The largest absolute Gasteiger partial charge is 0.355 e. The molecular formula is C22H26N8O. The van der Waals surface area contributed by atoms with Crippen LogP contribution in [-0.2, 0) is 4.79 Å². The zero-order valence-corrected chi connectivity index (χ0v) is 17.7. The Balaban J connectivity index is 1.24. The number of hydrogen-bond acceptors (Lipinski definition) is 6. The Labute approximate surface area is 179 Å². The van der Waals surface area contributed by atoms with Gasteiger partial charge in [-0.25, -0.2) is 4.98 Å². The van der Waals surface area contributed by atoms with Gasteiger partial charge in [-0.3, -0.25) is 4.79 Å². The molecule has 5 rings (SSSR count). The number of aromatic amines is 1. The Morgan fingerprint density at radius 1 is 1.16 bits per heavy atom. The standard InChI is InChI=1S/C22H26N8O/c1-14(2)20(21-24-16-5-3-4-6-17(16)25-21)26-22(31)15-9-11-29(12-10-15)19-8-7-18-27-23-13-30(18)28-19/h3-8,13-15,20H,9-12H2,1-2H3,(H,24,25)(H,26,31)/t20-/m0/s1. The Bertz CT molecular complexity index is 1170. The number of para-hydroxylation sites is 2. The van der Waals surface area contributed by atoms with Gasteiger partial charge >= 0.3 is 0 Å². The minimum absolute atomic E-state index is 0.0134. The van der Waals surface area contributed by atoms with Crippen LogP contribution in [-0.4, -0.2) is 48.8 Å². The van der Waals surface area contributed by atoms with E-state index in [0.29, 0.717) is 0 Å². The molecule has 4 heterocycles. The molecule has 1 aliphatic rings. The van der Waals surface area contributed by atoms with Gasteiger partial charge in [-0.2, -0.15) is 4.52 Å². The van der Waals surface area contributed by atoms with Crippen molar-refractivity contribution in [2.24, 2.45) is 11.8 Å². The fourth-order valence-electron chi connectivity index (χ4n) is 4.20. The van der Waals surface area contributed by atoms with Crippen LogP contribution in [0.3, 0.4) is 0 Å². The SMILES string of the molecule is CC(C)[C@H](NC(=O)C1CCN(c2ccc3nncn3n2)CC1)c1nc2ccccc2[nH]1. The Hall–Kier alpha value is -3.49. The summed E-state index contributed by atoms with van der Waals surface area (Å²) in [4.78, 5) is 23.4. The molecule has 0 aliphatic carbocycles. The van der Waals surface area contributed by atoms with Crippen molar-refractivity contribution in [2.45, 2.75) is 32.7 Å². The van der Waals surface area contributed by atoms with E-state index in [0.717, 1.165) is 54.3 Å². The highest BCUT2D eigenvalue weighted by atomic mass is 16.2. The molecular weight excluding hydrogens is 392 g/mol. The smallest absolute Gasteiger partial charge is 0.223 e. The first-order chi connectivity index (χ1) is 15.1. The van der Waals surface area contributed by atoms with Gasteiger partial charge in [-0.15, -0.1) is 15.3 Å². The lowest BCUT2D eigenvalue weighted by molar-refractivity contribution is -0.126. The maximum atomic E-state index is 13.1. The normalized spacial score (nSPS) is 16.3. The molecule has 0 bridgehead atoms. The van der Waals surface area contributed by atoms with Gasteiger partial charge in [-0.05, 0) is 43.0 Å². The lowest BCUT2D eigenvalue weighted by Gasteiger charge is -2.33. The second-order valence-electron chi connectivity index (χ2n) is 8.46. The maximum Gasteiger partial charge on any atom is 0.223 e. The average molecular weight is 419 g/mol. The average Bonchev–Trinajstić information content (AvgIpc) is 3.43. The van der Waals surface area contributed by atoms with Gasteiger partial charge in [0.1, 0.15) is 18.0 Å². The molecule has 1 atom stereocenters. The van der Waals surface area contributed by atoms with Gasteiger partial charge in [0.25, 0.3) is 0 Å². The molecule has 1 fully saturated rings. The van der Waals surface area contributed by atoms with Crippen LogP contribution >= 0.6 is 0 Å². The van der Waals surface area contributed by atoms with Crippen LogP contribution in [0.1, 0.15) is 38.6 Å². The number of nitrogens with one attached hydrogen (secondary N) is 2. The first-order valence-corrected chi connectivity index (χ1v) is 10.8. The van der Waals surface area contributed by atoms with Crippen LogP contribution in [0.25, 0.3) is 16.7 Å². The lowest BCUT2D eigenvalue weighted by Crippen LogP contribution is -2.43. The zero-order chi connectivity index (χ0) is 21.4. The fourth-order valence-corrected chi connectivity index (χ4v) is 4.20. The first kappa shape index (κ1) is 19.5. The second-order valence-corrected chi connectivity index (χ2v) is 8.46. The van der Waals surface area contributed by atoms with Crippen molar-refractivity contribution in [3.05, 3.63) is 48.5 Å². The van der Waals surface area contributed by atoms with E-state index in [1.54, 1.807) is 10.8 Å². The van der Waals surface area contributed by atoms with Crippen LogP contribution in [0.15, 0.2) is 42.7 Å². The van der Waals surface area contributed by atoms with Gasteiger partial charge in [0.05, 0.1) is 17.1 Å². The van der Waals surface area contributed by atoms with Gasteiger partial charge < -0.3 is 15.2 Å². The van der Waals surface area contributed by atoms with Gasteiger partial charge in [0.15, 0.2) is 5.65 Å².